The molecule has 0 aliphatic heterocycles. The van der Waals surface area contributed by atoms with Crippen LogP contribution < -0.4 is 10.5 Å². The van der Waals surface area contributed by atoms with E-state index in [1.165, 1.54) is 17.2 Å². The third-order valence-corrected chi connectivity index (χ3v) is 6.35. The molecule has 1 amide bonds. The van der Waals surface area contributed by atoms with Crippen molar-refractivity contribution in [2.24, 2.45) is 5.14 Å². The van der Waals surface area contributed by atoms with Gasteiger partial charge in [-0.1, -0.05) is 35.9 Å². The van der Waals surface area contributed by atoms with E-state index in [0.717, 1.165) is 24.2 Å². The minimum atomic E-state index is -3.85. The van der Waals surface area contributed by atoms with Crippen molar-refractivity contribution in [2.75, 3.05) is 0 Å². The summed E-state index contributed by atoms with van der Waals surface area (Å²) < 4.78 is 22.6. The number of nitrogens with one attached hydrogen (secondary N) is 1. The normalized spacial score (nSPS) is 14.8. The maximum Gasteiger partial charge on any atom is 0.253 e. The highest BCUT2D eigenvalue weighted by molar-refractivity contribution is 7.91. The SMILES string of the molecule is NS(=O)(=O)c1cc(C(=O)NC2Cc3ccccc3C2)c(Cl)s1. The number of carbonyl (C=O) groups is 1. The number of hydrogen-bond acceptors (Lipinski definition) is 4. The maximum absolute atomic E-state index is 12.3. The van der Waals surface area contributed by atoms with Gasteiger partial charge in [-0.05, 0) is 30.0 Å². The van der Waals surface area contributed by atoms with Crippen molar-refractivity contribution < 1.29 is 13.2 Å². The molecule has 0 bridgehead atoms. The van der Waals surface area contributed by atoms with E-state index in [0.29, 0.717) is 0 Å². The van der Waals surface area contributed by atoms with E-state index in [9.17, 15) is 13.2 Å². The number of fused-ring (bicyclic) bond motifs is 1. The van der Waals surface area contributed by atoms with Gasteiger partial charge in [0.05, 0.1) is 5.56 Å². The number of amides is 1. The van der Waals surface area contributed by atoms with Crippen molar-refractivity contribution in [1.82, 2.24) is 5.32 Å². The van der Waals surface area contributed by atoms with Crippen LogP contribution in [0, 0.1) is 0 Å². The lowest BCUT2D eigenvalue weighted by atomic mass is 10.1. The second kappa shape index (κ2) is 5.66. The number of halogens is 1. The van der Waals surface area contributed by atoms with E-state index in [2.05, 4.69) is 5.32 Å². The second-order valence-corrected chi connectivity index (χ2v) is 8.59. The number of sulfonamides is 1. The van der Waals surface area contributed by atoms with Gasteiger partial charge in [0.15, 0.2) is 0 Å². The average Bonchev–Trinajstić information content (AvgIpc) is 3.00. The molecule has 1 aromatic heterocycles. The molecule has 0 atom stereocenters. The Bertz CT molecular complexity index is 821. The van der Waals surface area contributed by atoms with Gasteiger partial charge in [0, 0.05) is 6.04 Å². The van der Waals surface area contributed by atoms with Gasteiger partial charge in [-0.2, -0.15) is 0 Å². The number of rotatable bonds is 3. The summed E-state index contributed by atoms with van der Waals surface area (Å²) in [5.41, 5.74) is 2.58. The number of carbonyl (C=O) groups excluding carboxylic acids is 1. The Morgan fingerprint density at radius 1 is 1.27 bits per heavy atom. The maximum atomic E-state index is 12.3. The largest absolute Gasteiger partial charge is 0.349 e. The van der Waals surface area contributed by atoms with Crippen molar-refractivity contribution in [2.45, 2.75) is 23.1 Å². The Morgan fingerprint density at radius 3 is 2.36 bits per heavy atom. The molecule has 0 saturated heterocycles. The van der Waals surface area contributed by atoms with Crippen LogP contribution in [0.3, 0.4) is 0 Å². The third-order valence-electron chi connectivity index (χ3n) is 3.58. The molecule has 5 nitrogen and oxygen atoms in total. The minimum Gasteiger partial charge on any atom is -0.349 e. The molecule has 0 saturated carbocycles. The van der Waals surface area contributed by atoms with Gasteiger partial charge in [-0.15, -0.1) is 11.3 Å². The zero-order valence-corrected chi connectivity index (χ0v) is 13.8. The van der Waals surface area contributed by atoms with Gasteiger partial charge in [0.25, 0.3) is 5.91 Å². The fourth-order valence-electron chi connectivity index (χ4n) is 2.57. The number of thiophene rings is 1. The molecule has 3 rings (SSSR count). The van der Waals surface area contributed by atoms with Crippen LogP contribution in [-0.2, 0) is 22.9 Å². The zero-order valence-electron chi connectivity index (χ0n) is 11.4. The van der Waals surface area contributed by atoms with E-state index >= 15 is 0 Å². The lowest BCUT2D eigenvalue weighted by molar-refractivity contribution is 0.0939. The molecule has 22 heavy (non-hydrogen) atoms. The van der Waals surface area contributed by atoms with Crippen molar-refractivity contribution in [3.05, 3.63) is 51.4 Å². The van der Waals surface area contributed by atoms with Gasteiger partial charge < -0.3 is 5.32 Å². The summed E-state index contributed by atoms with van der Waals surface area (Å²) in [4.78, 5) is 12.3. The predicted octanol–water partition coefficient (Wildman–Crippen LogP) is 1.95. The lowest BCUT2D eigenvalue weighted by Gasteiger charge is -2.11. The van der Waals surface area contributed by atoms with Gasteiger partial charge in [0.1, 0.15) is 8.55 Å². The van der Waals surface area contributed by atoms with Crippen molar-refractivity contribution >= 4 is 38.9 Å². The molecule has 2 aromatic rings. The monoisotopic (exact) mass is 356 g/mol. The molecule has 1 aromatic carbocycles. The number of hydrogen-bond donors (Lipinski definition) is 2. The quantitative estimate of drug-likeness (QED) is 0.880. The van der Waals surface area contributed by atoms with Crippen LogP contribution in [0.15, 0.2) is 34.5 Å². The summed E-state index contributed by atoms with van der Waals surface area (Å²) in [5, 5.41) is 7.95. The molecule has 0 fully saturated rings. The standard InChI is InChI=1S/C14H13ClN2O3S2/c15-13-11(7-12(21-13)22(16,19)20)14(18)17-10-5-8-3-1-2-4-9(8)6-10/h1-4,7,10H,5-6H2,(H,17,18)(H2,16,19,20). The summed E-state index contributed by atoms with van der Waals surface area (Å²) in [7, 11) is -3.85. The van der Waals surface area contributed by atoms with Crippen LogP contribution in [-0.4, -0.2) is 20.4 Å². The molecular weight excluding hydrogens is 344 g/mol. The Morgan fingerprint density at radius 2 is 1.86 bits per heavy atom. The molecule has 0 radical (unpaired) electrons. The minimum absolute atomic E-state index is 0.0150. The van der Waals surface area contributed by atoms with E-state index in [4.69, 9.17) is 16.7 Å². The van der Waals surface area contributed by atoms with Crippen LogP contribution >= 0.6 is 22.9 Å². The third kappa shape index (κ3) is 3.03. The molecule has 116 valence electrons. The number of nitrogens with two attached hydrogens (primary N) is 1. The van der Waals surface area contributed by atoms with E-state index in [1.54, 1.807) is 0 Å². The van der Waals surface area contributed by atoms with Gasteiger partial charge in [0.2, 0.25) is 10.0 Å². The molecule has 3 N–H and O–H groups in total. The first-order chi connectivity index (χ1) is 10.3. The highest BCUT2D eigenvalue weighted by Crippen LogP contribution is 2.30. The van der Waals surface area contributed by atoms with Crippen LogP contribution in [0.25, 0.3) is 0 Å². The van der Waals surface area contributed by atoms with Crippen LogP contribution in [0.2, 0.25) is 4.34 Å². The second-order valence-electron chi connectivity index (χ2n) is 5.15. The smallest absolute Gasteiger partial charge is 0.253 e. The van der Waals surface area contributed by atoms with E-state index in [-0.39, 0.29) is 26.1 Å². The first-order valence-electron chi connectivity index (χ1n) is 6.54. The topological polar surface area (TPSA) is 89.3 Å². The van der Waals surface area contributed by atoms with Gasteiger partial charge in [-0.3, -0.25) is 4.79 Å². The lowest BCUT2D eigenvalue weighted by Crippen LogP contribution is -2.35. The van der Waals surface area contributed by atoms with Crippen LogP contribution in [0.5, 0.6) is 0 Å². The van der Waals surface area contributed by atoms with Crippen LogP contribution in [0.4, 0.5) is 0 Å². The summed E-state index contributed by atoms with van der Waals surface area (Å²) in [6, 6.07) is 9.23. The zero-order chi connectivity index (χ0) is 15.9. The summed E-state index contributed by atoms with van der Waals surface area (Å²) >= 11 is 6.74. The highest BCUT2D eigenvalue weighted by Gasteiger charge is 2.25. The Hall–Kier alpha value is -1.41. The van der Waals surface area contributed by atoms with E-state index in [1.807, 2.05) is 24.3 Å². The highest BCUT2D eigenvalue weighted by atomic mass is 35.5. The fraction of sp³-hybridized carbons (Fsp3) is 0.214. The van der Waals surface area contributed by atoms with Gasteiger partial charge in [-0.25, -0.2) is 13.6 Å². The molecular formula is C14H13ClN2O3S2. The Kier molecular flexibility index (Phi) is 3.98. The van der Waals surface area contributed by atoms with E-state index < -0.39 is 10.0 Å². The number of primary sulfonamides is 1. The Labute approximate surface area is 137 Å². The molecule has 1 aliphatic rings. The Balaban J connectivity index is 1.75. The van der Waals surface area contributed by atoms with Crippen LogP contribution in [0.1, 0.15) is 21.5 Å². The fourth-order valence-corrected chi connectivity index (χ4v) is 4.71. The number of benzene rings is 1. The predicted molar refractivity (Wildman–Crippen MR) is 85.8 cm³/mol. The van der Waals surface area contributed by atoms with Crippen molar-refractivity contribution in [3.8, 4) is 0 Å². The first-order valence-corrected chi connectivity index (χ1v) is 9.28. The molecule has 0 spiro atoms. The molecule has 8 heteroatoms. The molecule has 1 aliphatic carbocycles. The summed E-state index contributed by atoms with van der Waals surface area (Å²) in [5.74, 6) is -0.381. The van der Waals surface area contributed by atoms with Gasteiger partial charge >= 0.3 is 0 Å². The van der Waals surface area contributed by atoms with Crippen molar-refractivity contribution in [1.29, 1.82) is 0 Å². The first kappa shape index (κ1) is 15.5. The molecule has 0 unspecified atom stereocenters. The summed E-state index contributed by atoms with van der Waals surface area (Å²) in [6.45, 7) is 0. The average molecular weight is 357 g/mol. The van der Waals surface area contributed by atoms with Crippen molar-refractivity contribution in [3.63, 3.8) is 0 Å². The summed E-state index contributed by atoms with van der Waals surface area (Å²) in [6.07, 6.45) is 1.51. The molecule has 1 heterocycles.